The molecule has 0 aliphatic heterocycles. The summed E-state index contributed by atoms with van der Waals surface area (Å²) in [6.07, 6.45) is 3.53. The van der Waals surface area contributed by atoms with Crippen molar-refractivity contribution in [2.24, 2.45) is 5.92 Å². The largest absolute Gasteiger partial charge is 0.340 e. The maximum absolute atomic E-state index is 13.1. The van der Waals surface area contributed by atoms with Crippen LogP contribution in [0.2, 0.25) is 0 Å². The van der Waals surface area contributed by atoms with E-state index in [-0.39, 0.29) is 17.6 Å². The molecule has 5 heteroatoms. The topological polar surface area (TPSA) is 54.0 Å². The first-order valence-corrected chi connectivity index (χ1v) is 6.50. The number of pyridine rings is 1. The van der Waals surface area contributed by atoms with Crippen LogP contribution < -0.4 is 10.6 Å². The number of nitrogens with zero attached hydrogens (tertiary/aromatic N) is 1. The third kappa shape index (κ3) is 3.12. The average Bonchev–Trinajstić information content (AvgIpc) is 3.25. The summed E-state index contributed by atoms with van der Waals surface area (Å²) in [6, 6.07) is 9.68. The molecule has 1 fully saturated rings. The van der Waals surface area contributed by atoms with Crippen molar-refractivity contribution in [3.8, 4) is 0 Å². The quantitative estimate of drug-likeness (QED) is 0.897. The van der Waals surface area contributed by atoms with E-state index in [4.69, 9.17) is 0 Å². The number of aromatic nitrogens is 1. The van der Waals surface area contributed by atoms with Gasteiger partial charge < -0.3 is 10.6 Å². The number of benzene rings is 1. The average molecular weight is 271 g/mol. The summed E-state index contributed by atoms with van der Waals surface area (Å²) in [7, 11) is 0. The lowest BCUT2D eigenvalue weighted by Crippen LogP contribution is -2.13. The van der Waals surface area contributed by atoms with Crippen LogP contribution in [0.5, 0.6) is 0 Å². The maximum Gasteiger partial charge on any atom is 0.227 e. The lowest BCUT2D eigenvalue weighted by atomic mass is 10.3. The summed E-state index contributed by atoms with van der Waals surface area (Å²) >= 11 is 0. The molecule has 0 spiro atoms. The second kappa shape index (κ2) is 5.28. The Balaban J connectivity index is 1.65. The molecule has 2 N–H and O–H groups in total. The highest BCUT2D eigenvalue weighted by Crippen LogP contribution is 2.30. The van der Waals surface area contributed by atoms with Gasteiger partial charge in [0.15, 0.2) is 0 Å². The molecule has 4 nitrogen and oxygen atoms in total. The van der Waals surface area contributed by atoms with Crippen LogP contribution in [-0.2, 0) is 4.79 Å². The van der Waals surface area contributed by atoms with E-state index >= 15 is 0 Å². The van der Waals surface area contributed by atoms with Gasteiger partial charge in [0.05, 0.1) is 11.9 Å². The summed E-state index contributed by atoms with van der Waals surface area (Å²) < 4.78 is 13.1. The highest BCUT2D eigenvalue weighted by Gasteiger charge is 2.29. The minimum absolute atomic E-state index is 0.0534. The standard InChI is InChI=1S/C15H14FN3O/c16-11-2-1-3-12(8-11)18-14-7-6-13(9-17-14)19-15(20)10-4-5-10/h1-3,6-10H,4-5H2,(H,17,18)(H,19,20). The van der Waals surface area contributed by atoms with Gasteiger partial charge in [0.1, 0.15) is 11.6 Å². The zero-order valence-electron chi connectivity index (χ0n) is 10.8. The lowest BCUT2D eigenvalue weighted by molar-refractivity contribution is -0.117. The molecule has 1 aromatic heterocycles. The Morgan fingerprint density at radius 2 is 2.05 bits per heavy atom. The second-order valence-corrected chi connectivity index (χ2v) is 4.83. The molecule has 1 aromatic carbocycles. The SMILES string of the molecule is O=C(Nc1ccc(Nc2cccc(F)c2)nc1)C1CC1. The molecule has 3 rings (SSSR count). The van der Waals surface area contributed by atoms with E-state index in [9.17, 15) is 9.18 Å². The minimum atomic E-state index is -0.302. The Kier molecular flexibility index (Phi) is 3.33. The van der Waals surface area contributed by atoms with E-state index in [1.807, 2.05) is 0 Å². The van der Waals surface area contributed by atoms with Gasteiger partial charge in [-0.3, -0.25) is 4.79 Å². The fourth-order valence-electron chi connectivity index (χ4n) is 1.85. The summed E-state index contributed by atoms with van der Waals surface area (Å²) in [5, 5.41) is 5.81. The van der Waals surface area contributed by atoms with Crippen LogP contribution in [0.4, 0.5) is 21.6 Å². The first kappa shape index (κ1) is 12.6. The molecule has 1 saturated carbocycles. The number of anilines is 3. The molecule has 1 heterocycles. The second-order valence-electron chi connectivity index (χ2n) is 4.83. The molecule has 0 bridgehead atoms. The van der Waals surface area contributed by atoms with E-state index in [0.29, 0.717) is 17.2 Å². The highest BCUT2D eigenvalue weighted by molar-refractivity contribution is 5.93. The van der Waals surface area contributed by atoms with Gasteiger partial charge in [-0.05, 0) is 43.2 Å². The van der Waals surface area contributed by atoms with Gasteiger partial charge in [0.25, 0.3) is 0 Å². The van der Waals surface area contributed by atoms with Crippen LogP contribution >= 0.6 is 0 Å². The van der Waals surface area contributed by atoms with Gasteiger partial charge in [0.2, 0.25) is 5.91 Å². The van der Waals surface area contributed by atoms with Crippen molar-refractivity contribution < 1.29 is 9.18 Å². The van der Waals surface area contributed by atoms with Crippen molar-refractivity contribution in [1.82, 2.24) is 4.98 Å². The first-order chi connectivity index (χ1) is 9.70. The number of hydrogen-bond acceptors (Lipinski definition) is 3. The van der Waals surface area contributed by atoms with Gasteiger partial charge in [-0.25, -0.2) is 9.37 Å². The van der Waals surface area contributed by atoms with E-state index in [2.05, 4.69) is 15.6 Å². The number of carbonyl (C=O) groups is 1. The monoisotopic (exact) mass is 271 g/mol. The van der Waals surface area contributed by atoms with Gasteiger partial charge >= 0.3 is 0 Å². The number of nitrogens with one attached hydrogen (secondary N) is 2. The number of amides is 1. The molecular weight excluding hydrogens is 257 g/mol. The van der Waals surface area contributed by atoms with Crippen molar-refractivity contribution in [3.05, 3.63) is 48.4 Å². The normalized spacial score (nSPS) is 13.8. The zero-order chi connectivity index (χ0) is 13.9. The summed E-state index contributed by atoms with van der Waals surface area (Å²) in [6.45, 7) is 0. The van der Waals surface area contributed by atoms with Gasteiger partial charge in [-0.2, -0.15) is 0 Å². The van der Waals surface area contributed by atoms with E-state index in [1.165, 1.54) is 12.1 Å². The van der Waals surface area contributed by atoms with Crippen LogP contribution in [0.15, 0.2) is 42.6 Å². The van der Waals surface area contributed by atoms with Crippen molar-refractivity contribution in [2.75, 3.05) is 10.6 Å². The molecule has 0 unspecified atom stereocenters. The van der Waals surface area contributed by atoms with Crippen LogP contribution in [0.3, 0.4) is 0 Å². The Labute approximate surface area is 116 Å². The fraction of sp³-hybridized carbons (Fsp3) is 0.200. The molecule has 1 amide bonds. The minimum Gasteiger partial charge on any atom is -0.340 e. The van der Waals surface area contributed by atoms with Crippen molar-refractivity contribution in [3.63, 3.8) is 0 Å². The molecule has 0 radical (unpaired) electrons. The maximum atomic E-state index is 13.1. The molecular formula is C15H14FN3O. The van der Waals surface area contributed by atoms with Crippen LogP contribution in [0, 0.1) is 11.7 Å². The lowest BCUT2D eigenvalue weighted by Gasteiger charge is -2.07. The van der Waals surface area contributed by atoms with E-state index in [1.54, 1.807) is 30.5 Å². The summed E-state index contributed by atoms with van der Waals surface area (Å²) in [4.78, 5) is 15.8. The Morgan fingerprint density at radius 1 is 1.20 bits per heavy atom. The van der Waals surface area contributed by atoms with Gasteiger partial charge in [-0.15, -0.1) is 0 Å². The molecule has 1 aliphatic rings. The molecule has 102 valence electrons. The summed E-state index contributed by atoms with van der Waals surface area (Å²) in [5.74, 6) is 0.515. The van der Waals surface area contributed by atoms with Crippen molar-refractivity contribution >= 4 is 23.1 Å². The highest BCUT2D eigenvalue weighted by atomic mass is 19.1. The van der Waals surface area contributed by atoms with E-state index < -0.39 is 0 Å². The van der Waals surface area contributed by atoms with Crippen molar-refractivity contribution in [2.45, 2.75) is 12.8 Å². The van der Waals surface area contributed by atoms with Gasteiger partial charge in [0, 0.05) is 11.6 Å². The third-order valence-electron chi connectivity index (χ3n) is 3.08. The van der Waals surface area contributed by atoms with Crippen LogP contribution in [-0.4, -0.2) is 10.9 Å². The molecule has 0 saturated heterocycles. The fourth-order valence-corrected chi connectivity index (χ4v) is 1.85. The number of halogens is 1. The van der Waals surface area contributed by atoms with E-state index in [0.717, 1.165) is 12.8 Å². The predicted molar refractivity (Wildman–Crippen MR) is 75.3 cm³/mol. The summed E-state index contributed by atoms with van der Waals surface area (Å²) in [5.41, 5.74) is 1.30. The third-order valence-corrected chi connectivity index (χ3v) is 3.08. The number of hydrogen-bond donors (Lipinski definition) is 2. The first-order valence-electron chi connectivity index (χ1n) is 6.50. The molecule has 2 aromatic rings. The predicted octanol–water partition coefficient (Wildman–Crippen LogP) is 3.31. The van der Waals surface area contributed by atoms with Crippen molar-refractivity contribution in [1.29, 1.82) is 0 Å². The Bertz CT molecular complexity index is 623. The molecule has 0 atom stereocenters. The van der Waals surface area contributed by atoms with Crippen LogP contribution in [0.1, 0.15) is 12.8 Å². The molecule has 20 heavy (non-hydrogen) atoms. The number of rotatable bonds is 4. The van der Waals surface area contributed by atoms with Gasteiger partial charge in [-0.1, -0.05) is 6.07 Å². The Morgan fingerprint density at radius 3 is 2.70 bits per heavy atom. The zero-order valence-corrected chi connectivity index (χ0v) is 10.8. The number of carbonyl (C=O) groups excluding carboxylic acids is 1. The Hall–Kier alpha value is -2.43. The smallest absolute Gasteiger partial charge is 0.227 e. The molecule has 1 aliphatic carbocycles. The van der Waals surface area contributed by atoms with Crippen LogP contribution in [0.25, 0.3) is 0 Å².